The van der Waals surface area contributed by atoms with E-state index in [1.165, 1.54) is 11.8 Å². The number of aliphatic carboxylic acids is 1. The number of hydrogen-bond donors (Lipinski definition) is 8. The maximum absolute atomic E-state index is 12.8. The first kappa shape index (κ1) is 31.6. The van der Waals surface area contributed by atoms with Crippen molar-refractivity contribution >= 4 is 53.2 Å². The van der Waals surface area contributed by atoms with Gasteiger partial charge in [0, 0.05) is 12.8 Å². The Hall–Kier alpha value is -3.40. The van der Waals surface area contributed by atoms with Gasteiger partial charge in [0.25, 0.3) is 0 Å². The fraction of sp³-hybridized carbons (Fsp3) is 0.632. The highest BCUT2D eigenvalue weighted by atomic mass is 32.2. The highest BCUT2D eigenvalue weighted by Gasteiger charge is 2.31. The van der Waals surface area contributed by atoms with Crippen LogP contribution in [0.4, 0.5) is 0 Å². The molecule has 0 aromatic rings. The first-order valence-corrected chi connectivity index (χ1v) is 11.9. The van der Waals surface area contributed by atoms with Crippen LogP contribution in [0.15, 0.2) is 0 Å². The van der Waals surface area contributed by atoms with Crippen LogP contribution in [0, 0.1) is 0 Å². The normalized spacial score (nSPS) is 14.0. The van der Waals surface area contributed by atoms with Crippen molar-refractivity contribution in [3.05, 3.63) is 0 Å². The number of nitrogens with one attached hydrogen (secondary N) is 3. The zero-order chi connectivity index (χ0) is 27.1. The van der Waals surface area contributed by atoms with E-state index in [0.29, 0.717) is 5.75 Å². The molecule has 0 bridgehead atoms. The van der Waals surface area contributed by atoms with E-state index in [9.17, 15) is 38.7 Å². The Labute approximate surface area is 205 Å². The predicted octanol–water partition coefficient (Wildman–Crippen LogP) is -3.99. The van der Waals surface area contributed by atoms with Gasteiger partial charge in [-0.3, -0.25) is 28.8 Å². The monoisotopic (exact) mass is 519 g/mol. The Kier molecular flexibility index (Phi) is 14.7. The lowest BCUT2D eigenvalue weighted by atomic mass is 10.1. The van der Waals surface area contributed by atoms with Crippen LogP contribution in [0.5, 0.6) is 0 Å². The summed E-state index contributed by atoms with van der Waals surface area (Å²) < 4.78 is 0. The summed E-state index contributed by atoms with van der Waals surface area (Å²) in [5.41, 5.74) is 21.0. The number of carboxylic acid groups (broad SMARTS) is 1. The molecule has 6 amide bonds. The first-order valence-electron chi connectivity index (χ1n) is 10.5. The van der Waals surface area contributed by atoms with Gasteiger partial charge in [-0.25, -0.2) is 4.79 Å². The van der Waals surface area contributed by atoms with Crippen molar-refractivity contribution in [2.45, 2.75) is 62.7 Å². The average molecular weight is 520 g/mol. The zero-order valence-corrected chi connectivity index (χ0v) is 20.1. The Morgan fingerprint density at radius 1 is 0.714 bits per heavy atom. The summed E-state index contributed by atoms with van der Waals surface area (Å²) >= 11 is 1.36. The van der Waals surface area contributed by atoms with Crippen LogP contribution < -0.4 is 38.9 Å². The van der Waals surface area contributed by atoms with Crippen molar-refractivity contribution in [2.75, 3.05) is 12.0 Å². The molecule has 4 atom stereocenters. The van der Waals surface area contributed by atoms with Crippen LogP contribution in [0.1, 0.15) is 38.5 Å². The average Bonchev–Trinajstić information content (AvgIpc) is 2.75. The van der Waals surface area contributed by atoms with E-state index in [0.717, 1.165) is 0 Å². The van der Waals surface area contributed by atoms with Crippen molar-refractivity contribution in [3.63, 3.8) is 0 Å². The molecule has 0 aliphatic rings. The van der Waals surface area contributed by atoms with E-state index < -0.39 is 72.0 Å². The molecule has 4 unspecified atom stereocenters. The highest BCUT2D eigenvalue weighted by Crippen LogP contribution is 2.05. The van der Waals surface area contributed by atoms with Crippen molar-refractivity contribution in [1.29, 1.82) is 0 Å². The summed E-state index contributed by atoms with van der Waals surface area (Å²) in [4.78, 5) is 82.7. The molecule has 0 saturated heterocycles. The molecule has 0 aliphatic heterocycles. The van der Waals surface area contributed by atoms with Gasteiger partial charge in [0.15, 0.2) is 0 Å². The van der Waals surface area contributed by atoms with Gasteiger partial charge in [-0.1, -0.05) is 0 Å². The van der Waals surface area contributed by atoms with E-state index in [-0.39, 0.29) is 32.1 Å². The SMILES string of the molecule is CSCCC(NC(=O)C(CC(N)=O)NC(=O)C(CCC(N)=O)NC(=O)C(N)CCC(N)=O)C(=O)O. The van der Waals surface area contributed by atoms with Gasteiger partial charge in [-0.15, -0.1) is 0 Å². The van der Waals surface area contributed by atoms with Crippen molar-refractivity contribution < 1.29 is 38.7 Å². The molecule has 0 saturated carbocycles. The summed E-state index contributed by atoms with van der Waals surface area (Å²) in [5.74, 6) is -6.12. The maximum atomic E-state index is 12.8. The number of hydrogen-bond acceptors (Lipinski definition) is 9. The summed E-state index contributed by atoms with van der Waals surface area (Å²) in [6.45, 7) is 0. The smallest absolute Gasteiger partial charge is 0.326 e. The Morgan fingerprint density at radius 3 is 1.69 bits per heavy atom. The number of carbonyl (C=O) groups excluding carboxylic acids is 6. The number of thioether (sulfide) groups is 1. The summed E-state index contributed by atoms with van der Waals surface area (Å²) in [6.07, 6.45) is 0.279. The van der Waals surface area contributed by atoms with Gasteiger partial charge in [0.05, 0.1) is 12.5 Å². The van der Waals surface area contributed by atoms with E-state index in [1.807, 2.05) is 0 Å². The molecule has 0 radical (unpaired) electrons. The van der Waals surface area contributed by atoms with E-state index in [4.69, 9.17) is 22.9 Å². The molecule has 15 nitrogen and oxygen atoms in total. The summed E-state index contributed by atoms with van der Waals surface area (Å²) in [5, 5.41) is 16.1. The molecule has 0 aliphatic carbocycles. The van der Waals surface area contributed by atoms with Gasteiger partial charge >= 0.3 is 5.97 Å². The minimum atomic E-state index is -1.56. The molecular formula is C19H33N7O8S. The van der Waals surface area contributed by atoms with Crippen molar-refractivity contribution in [1.82, 2.24) is 16.0 Å². The topological polar surface area (TPSA) is 280 Å². The largest absolute Gasteiger partial charge is 0.480 e. The van der Waals surface area contributed by atoms with E-state index in [1.54, 1.807) is 6.26 Å². The third kappa shape index (κ3) is 13.8. The number of nitrogens with two attached hydrogens (primary N) is 4. The second kappa shape index (κ2) is 16.3. The molecule has 0 aromatic carbocycles. The van der Waals surface area contributed by atoms with Crippen LogP contribution >= 0.6 is 11.8 Å². The van der Waals surface area contributed by atoms with Crippen LogP contribution in [0.25, 0.3) is 0 Å². The molecule has 198 valence electrons. The van der Waals surface area contributed by atoms with Gasteiger partial charge in [-0.2, -0.15) is 11.8 Å². The third-order valence-electron chi connectivity index (χ3n) is 4.61. The van der Waals surface area contributed by atoms with Gasteiger partial charge in [0.2, 0.25) is 35.4 Å². The predicted molar refractivity (Wildman–Crippen MR) is 125 cm³/mol. The fourth-order valence-corrected chi connectivity index (χ4v) is 3.18. The van der Waals surface area contributed by atoms with Gasteiger partial charge in [0.1, 0.15) is 18.1 Å². The number of amides is 6. The minimum absolute atomic E-state index is 0.0833. The van der Waals surface area contributed by atoms with E-state index in [2.05, 4.69) is 16.0 Å². The Morgan fingerprint density at radius 2 is 1.20 bits per heavy atom. The fourth-order valence-electron chi connectivity index (χ4n) is 2.71. The summed E-state index contributed by atoms with van der Waals surface area (Å²) in [7, 11) is 0. The molecule has 0 fully saturated rings. The standard InChI is InChI=1S/C19H33N7O8S/c1-35-7-6-11(19(33)34)25-18(32)12(8-15(23)29)26-17(31)10(3-5-14(22)28)24-16(30)9(20)2-4-13(21)27/h9-12H,2-8,20H2,1H3,(H2,21,27)(H2,22,28)(H2,23,29)(H,24,30)(H,25,32)(H,26,31)(H,33,34). The highest BCUT2D eigenvalue weighted by molar-refractivity contribution is 7.98. The third-order valence-corrected chi connectivity index (χ3v) is 5.26. The lowest BCUT2D eigenvalue weighted by Gasteiger charge is -2.24. The first-order chi connectivity index (χ1) is 16.3. The van der Waals surface area contributed by atoms with Crippen LogP contribution in [-0.2, 0) is 33.6 Å². The molecule has 0 spiro atoms. The number of rotatable bonds is 18. The van der Waals surface area contributed by atoms with Crippen LogP contribution in [0.2, 0.25) is 0 Å². The number of primary amides is 3. The Bertz CT molecular complexity index is 810. The number of carbonyl (C=O) groups is 7. The van der Waals surface area contributed by atoms with Crippen LogP contribution in [-0.4, -0.2) is 82.7 Å². The molecule has 12 N–H and O–H groups in total. The maximum Gasteiger partial charge on any atom is 0.326 e. The molecule has 16 heteroatoms. The second-order valence-electron chi connectivity index (χ2n) is 7.59. The lowest BCUT2D eigenvalue weighted by Crippen LogP contribution is -2.58. The molecule has 35 heavy (non-hydrogen) atoms. The zero-order valence-electron chi connectivity index (χ0n) is 19.3. The minimum Gasteiger partial charge on any atom is -0.480 e. The van der Waals surface area contributed by atoms with Crippen molar-refractivity contribution in [2.24, 2.45) is 22.9 Å². The second-order valence-corrected chi connectivity index (χ2v) is 8.58. The lowest BCUT2D eigenvalue weighted by molar-refractivity contribution is -0.142. The quantitative estimate of drug-likeness (QED) is 0.0868. The van der Waals surface area contributed by atoms with Gasteiger partial charge < -0.3 is 44.0 Å². The molecule has 0 aromatic heterocycles. The number of carboxylic acids is 1. The molecule has 0 rings (SSSR count). The summed E-state index contributed by atoms with van der Waals surface area (Å²) in [6, 6.07) is -5.45. The molecule has 0 heterocycles. The van der Waals surface area contributed by atoms with E-state index >= 15 is 0 Å². The Balaban J connectivity index is 5.53. The van der Waals surface area contributed by atoms with Crippen molar-refractivity contribution in [3.8, 4) is 0 Å². The van der Waals surface area contributed by atoms with Gasteiger partial charge in [-0.05, 0) is 31.3 Å². The van der Waals surface area contributed by atoms with Crippen LogP contribution in [0.3, 0.4) is 0 Å². The molecular weight excluding hydrogens is 486 g/mol.